The normalized spacial score (nSPS) is 41.4. The van der Waals surface area contributed by atoms with Crippen molar-refractivity contribution in [2.75, 3.05) is 6.61 Å². The third-order valence-electron chi connectivity index (χ3n) is 5.39. The van der Waals surface area contributed by atoms with Crippen LogP contribution in [-0.4, -0.2) is 98.7 Å². The highest BCUT2D eigenvalue weighted by molar-refractivity contribution is 5.50. The number of hydrogen-bond donors (Lipinski definition) is 6. The molecule has 0 bridgehead atoms. The van der Waals surface area contributed by atoms with Crippen molar-refractivity contribution in [2.24, 2.45) is 0 Å². The van der Waals surface area contributed by atoms with Gasteiger partial charge in [-0.15, -0.1) is 0 Å². The average Bonchev–Trinajstić information content (AvgIpc) is 2.76. The topological polar surface area (TPSA) is 158 Å². The lowest BCUT2D eigenvalue weighted by atomic mass is 9.98. The molecule has 10 heteroatoms. The van der Waals surface area contributed by atoms with E-state index in [0.717, 1.165) is 5.56 Å². The average molecular weight is 442 g/mol. The predicted octanol–water partition coefficient (Wildman–Crippen LogP) is -1.25. The van der Waals surface area contributed by atoms with E-state index in [9.17, 15) is 30.6 Å². The van der Waals surface area contributed by atoms with E-state index in [2.05, 4.69) is 0 Å². The lowest BCUT2D eigenvalue weighted by molar-refractivity contribution is -0.318. The van der Waals surface area contributed by atoms with Crippen LogP contribution in [0.15, 0.2) is 30.3 Å². The van der Waals surface area contributed by atoms with Gasteiger partial charge < -0.3 is 49.6 Å². The summed E-state index contributed by atoms with van der Waals surface area (Å²) in [5, 5.41) is 60.4. The monoisotopic (exact) mass is 442 g/mol. The summed E-state index contributed by atoms with van der Waals surface area (Å²) in [5.74, 6) is 0.387. The van der Waals surface area contributed by atoms with Crippen molar-refractivity contribution in [1.82, 2.24) is 0 Å². The van der Waals surface area contributed by atoms with Gasteiger partial charge in [-0.3, -0.25) is 0 Å². The molecule has 0 unspecified atom stereocenters. The van der Waals surface area contributed by atoms with Crippen LogP contribution in [0.5, 0.6) is 5.75 Å². The van der Waals surface area contributed by atoms with Crippen molar-refractivity contribution < 1.29 is 49.6 Å². The summed E-state index contributed by atoms with van der Waals surface area (Å²) < 4.78 is 22.0. The molecule has 0 aliphatic carbocycles. The number of allylic oxidation sites excluding steroid dienone is 1. The largest absolute Gasteiger partial charge is 0.462 e. The molecule has 0 saturated carbocycles. The maximum Gasteiger partial charge on any atom is 0.229 e. The Hall–Kier alpha value is -1.60. The molecule has 2 aliphatic rings. The Labute approximate surface area is 179 Å². The number of benzene rings is 1. The molecule has 0 amide bonds. The van der Waals surface area contributed by atoms with E-state index < -0.39 is 61.4 Å². The number of ether oxygens (including phenoxy) is 4. The summed E-state index contributed by atoms with van der Waals surface area (Å²) >= 11 is 0. The van der Waals surface area contributed by atoms with E-state index in [-0.39, 0.29) is 6.61 Å². The highest BCUT2D eigenvalue weighted by Crippen LogP contribution is 2.27. The molecule has 2 aliphatic heterocycles. The first-order valence-corrected chi connectivity index (χ1v) is 10.1. The summed E-state index contributed by atoms with van der Waals surface area (Å²) in [6.07, 6.45) is -9.56. The van der Waals surface area contributed by atoms with E-state index in [1.165, 1.54) is 6.92 Å². The molecule has 3 rings (SSSR count). The highest BCUT2D eigenvalue weighted by Gasteiger charge is 2.47. The molecule has 2 saturated heterocycles. The SMILES string of the molecule is CC=Cc1ccc(O[C@@H]2O[C@H](CO[C@@H]3O[C@@H](C)[C@H](O)[C@@H](O)[C@H]3O)[C@@H](O)[C@H](O)[C@H]2O)cc1. The van der Waals surface area contributed by atoms with Gasteiger partial charge in [-0.2, -0.15) is 0 Å². The summed E-state index contributed by atoms with van der Waals surface area (Å²) in [5.41, 5.74) is 0.953. The number of aliphatic hydroxyl groups excluding tert-OH is 6. The van der Waals surface area contributed by atoms with E-state index in [0.29, 0.717) is 5.75 Å². The predicted molar refractivity (Wildman–Crippen MR) is 107 cm³/mol. The summed E-state index contributed by atoms with van der Waals surface area (Å²) in [6.45, 7) is 3.06. The van der Waals surface area contributed by atoms with Crippen LogP contribution in [0.2, 0.25) is 0 Å². The minimum Gasteiger partial charge on any atom is -0.462 e. The molecule has 6 N–H and O–H groups in total. The third kappa shape index (κ3) is 5.43. The summed E-state index contributed by atoms with van der Waals surface area (Å²) in [6, 6.07) is 6.96. The van der Waals surface area contributed by atoms with E-state index in [1.54, 1.807) is 24.3 Å². The third-order valence-corrected chi connectivity index (χ3v) is 5.39. The number of aliphatic hydroxyl groups is 6. The van der Waals surface area contributed by atoms with Gasteiger partial charge in [0, 0.05) is 0 Å². The zero-order valence-electron chi connectivity index (χ0n) is 17.3. The molecule has 174 valence electrons. The molecular formula is C21H30O10. The number of rotatable bonds is 6. The Kier molecular flexibility index (Phi) is 8.03. The summed E-state index contributed by atoms with van der Waals surface area (Å²) in [7, 11) is 0. The van der Waals surface area contributed by atoms with Crippen molar-refractivity contribution in [3.05, 3.63) is 35.9 Å². The number of hydrogen-bond acceptors (Lipinski definition) is 10. The zero-order chi connectivity index (χ0) is 22.7. The fourth-order valence-corrected chi connectivity index (χ4v) is 3.48. The summed E-state index contributed by atoms with van der Waals surface area (Å²) in [4.78, 5) is 0. The van der Waals surface area contributed by atoms with Crippen molar-refractivity contribution >= 4 is 6.08 Å². The van der Waals surface area contributed by atoms with Crippen LogP contribution in [-0.2, 0) is 14.2 Å². The molecule has 2 fully saturated rings. The standard InChI is InChI=1S/C21H30O10/c1-3-4-11-5-7-12(8-6-11)30-21-19(27)17(25)15(23)13(31-21)9-28-20-18(26)16(24)14(22)10(2)29-20/h3-8,10,13-27H,9H2,1-2H3/t10-,13+,14-,15+,16+,17-,18+,19+,20+,21+/m0/s1. The minimum absolute atomic E-state index is 0.345. The molecule has 0 spiro atoms. The maximum absolute atomic E-state index is 10.3. The van der Waals surface area contributed by atoms with Crippen LogP contribution in [0, 0.1) is 0 Å². The second-order valence-corrected chi connectivity index (χ2v) is 7.72. The molecule has 2 heterocycles. The lowest BCUT2D eigenvalue weighted by Gasteiger charge is -2.42. The van der Waals surface area contributed by atoms with Gasteiger partial charge in [0.2, 0.25) is 6.29 Å². The second-order valence-electron chi connectivity index (χ2n) is 7.72. The van der Waals surface area contributed by atoms with Crippen molar-refractivity contribution in [3.8, 4) is 5.75 Å². The van der Waals surface area contributed by atoms with Crippen LogP contribution < -0.4 is 4.74 Å². The Morgan fingerprint density at radius 1 is 0.806 bits per heavy atom. The van der Waals surface area contributed by atoms with Gasteiger partial charge >= 0.3 is 0 Å². The first-order chi connectivity index (χ1) is 14.7. The molecular weight excluding hydrogens is 412 g/mol. The Bertz CT molecular complexity index is 725. The van der Waals surface area contributed by atoms with Gasteiger partial charge in [-0.1, -0.05) is 24.3 Å². The maximum atomic E-state index is 10.3. The molecule has 0 aromatic heterocycles. The molecule has 1 aromatic carbocycles. The molecule has 10 atom stereocenters. The van der Waals surface area contributed by atoms with E-state index >= 15 is 0 Å². The van der Waals surface area contributed by atoms with Crippen LogP contribution in [0.25, 0.3) is 6.08 Å². The van der Waals surface area contributed by atoms with Crippen molar-refractivity contribution in [2.45, 2.75) is 75.3 Å². The van der Waals surface area contributed by atoms with Crippen LogP contribution in [0.4, 0.5) is 0 Å². The van der Waals surface area contributed by atoms with Gasteiger partial charge in [0.05, 0.1) is 12.7 Å². The quantitative estimate of drug-likeness (QED) is 0.314. The fourth-order valence-electron chi connectivity index (χ4n) is 3.48. The van der Waals surface area contributed by atoms with E-state index in [1.807, 2.05) is 19.1 Å². The van der Waals surface area contributed by atoms with Crippen LogP contribution >= 0.6 is 0 Å². The second kappa shape index (κ2) is 10.3. The Balaban J connectivity index is 1.63. The van der Waals surface area contributed by atoms with Crippen LogP contribution in [0.1, 0.15) is 19.4 Å². The van der Waals surface area contributed by atoms with E-state index in [4.69, 9.17) is 18.9 Å². The first kappa shape index (κ1) is 24.1. The Morgan fingerprint density at radius 2 is 1.42 bits per heavy atom. The van der Waals surface area contributed by atoms with Gasteiger partial charge in [-0.25, -0.2) is 0 Å². The highest BCUT2D eigenvalue weighted by atomic mass is 16.7. The van der Waals surface area contributed by atoms with Gasteiger partial charge in [0.1, 0.15) is 48.5 Å². The zero-order valence-corrected chi connectivity index (χ0v) is 17.3. The van der Waals surface area contributed by atoms with Gasteiger partial charge in [0.15, 0.2) is 6.29 Å². The van der Waals surface area contributed by atoms with Crippen molar-refractivity contribution in [1.29, 1.82) is 0 Å². The molecule has 1 aromatic rings. The van der Waals surface area contributed by atoms with Crippen molar-refractivity contribution in [3.63, 3.8) is 0 Å². The minimum atomic E-state index is -1.57. The first-order valence-electron chi connectivity index (χ1n) is 10.1. The van der Waals surface area contributed by atoms with Gasteiger partial charge in [-0.05, 0) is 31.5 Å². The smallest absolute Gasteiger partial charge is 0.229 e. The van der Waals surface area contributed by atoms with Gasteiger partial charge in [0.25, 0.3) is 0 Å². The van der Waals surface area contributed by atoms with Crippen LogP contribution in [0.3, 0.4) is 0 Å². The molecule has 0 radical (unpaired) electrons. The molecule has 10 nitrogen and oxygen atoms in total. The molecule has 31 heavy (non-hydrogen) atoms. The Morgan fingerprint density at radius 3 is 2.06 bits per heavy atom. The fraction of sp³-hybridized carbons (Fsp3) is 0.619. The lowest BCUT2D eigenvalue weighted by Crippen LogP contribution is -2.61.